The number of nitrogens with one attached hydrogen (secondary N) is 1. The Morgan fingerprint density at radius 2 is 2.00 bits per heavy atom. The van der Waals surface area contributed by atoms with Crippen LogP contribution in [-0.4, -0.2) is 17.6 Å². The van der Waals surface area contributed by atoms with Crippen molar-refractivity contribution in [2.45, 2.75) is 39.0 Å². The fourth-order valence-corrected chi connectivity index (χ4v) is 1.83. The maximum absolute atomic E-state index is 8.44. The zero-order valence-corrected chi connectivity index (χ0v) is 11.4. The van der Waals surface area contributed by atoms with E-state index in [-0.39, 0.29) is 11.3 Å². The van der Waals surface area contributed by atoms with Crippen molar-refractivity contribution < 1.29 is 5.21 Å². The molecule has 18 heavy (non-hydrogen) atoms. The van der Waals surface area contributed by atoms with Gasteiger partial charge in [-0.05, 0) is 23.5 Å². The summed E-state index contributed by atoms with van der Waals surface area (Å²) in [6.07, 6.45) is 1.44. The molecule has 0 aromatic heterocycles. The number of benzene rings is 1. The Morgan fingerprint density at radius 1 is 1.33 bits per heavy atom. The summed E-state index contributed by atoms with van der Waals surface area (Å²) in [5.41, 5.74) is 8.00. The summed E-state index contributed by atoms with van der Waals surface area (Å²) in [5, 5.41) is 14.8. The molecule has 0 heterocycles. The molecule has 0 aliphatic carbocycles. The van der Waals surface area contributed by atoms with Gasteiger partial charge < -0.3 is 16.3 Å². The number of nitrogens with zero attached hydrogens (tertiary/aromatic N) is 1. The summed E-state index contributed by atoms with van der Waals surface area (Å²) in [6, 6.07) is 8.32. The highest BCUT2D eigenvalue weighted by atomic mass is 16.4. The van der Waals surface area contributed by atoms with Gasteiger partial charge in [-0.2, -0.15) is 0 Å². The standard InChI is InChI=1S/C14H23N3O/c1-14(2,3)11-7-4-5-8-12(11)16-10-6-9-13(15)17-18/h4-5,7-8,16,18H,6,9-10H2,1-3H3,(H2,15,17). The third-order valence-corrected chi connectivity index (χ3v) is 2.79. The normalized spacial score (nSPS) is 12.5. The first-order valence-electron chi connectivity index (χ1n) is 6.25. The molecule has 0 saturated heterocycles. The highest BCUT2D eigenvalue weighted by Crippen LogP contribution is 2.29. The van der Waals surface area contributed by atoms with Crippen LogP contribution in [0.25, 0.3) is 0 Å². The molecule has 1 aromatic carbocycles. The van der Waals surface area contributed by atoms with Crippen LogP contribution < -0.4 is 11.1 Å². The summed E-state index contributed by atoms with van der Waals surface area (Å²) >= 11 is 0. The number of rotatable bonds is 5. The molecule has 0 aliphatic rings. The Balaban J connectivity index is 2.58. The van der Waals surface area contributed by atoms with Crippen LogP contribution in [0, 0.1) is 0 Å². The van der Waals surface area contributed by atoms with Crippen LogP contribution in [-0.2, 0) is 5.41 Å². The number of anilines is 1. The first-order chi connectivity index (χ1) is 8.45. The van der Waals surface area contributed by atoms with Gasteiger partial charge in [-0.3, -0.25) is 0 Å². The molecule has 0 fully saturated rings. The van der Waals surface area contributed by atoms with Crippen molar-refractivity contribution >= 4 is 11.5 Å². The largest absolute Gasteiger partial charge is 0.409 e. The van der Waals surface area contributed by atoms with Crippen LogP contribution in [0.2, 0.25) is 0 Å². The minimum Gasteiger partial charge on any atom is -0.409 e. The lowest BCUT2D eigenvalue weighted by atomic mass is 9.86. The lowest BCUT2D eigenvalue weighted by molar-refractivity contribution is 0.316. The van der Waals surface area contributed by atoms with Crippen molar-refractivity contribution in [3.05, 3.63) is 29.8 Å². The molecule has 0 saturated carbocycles. The van der Waals surface area contributed by atoms with Crippen molar-refractivity contribution in [2.75, 3.05) is 11.9 Å². The van der Waals surface area contributed by atoms with Gasteiger partial charge in [0, 0.05) is 18.7 Å². The number of hydrogen-bond donors (Lipinski definition) is 3. The minimum absolute atomic E-state index is 0.120. The summed E-state index contributed by atoms with van der Waals surface area (Å²) in [5.74, 6) is 0.279. The van der Waals surface area contributed by atoms with Gasteiger partial charge in [0.1, 0.15) is 5.84 Å². The van der Waals surface area contributed by atoms with Crippen molar-refractivity contribution in [1.29, 1.82) is 0 Å². The molecule has 0 amide bonds. The number of oxime groups is 1. The molecule has 4 N–H and O–H groups in total. The number of hydrogen-bond acceptors (Lipinski definition) is 3. The molecule has 4 nitrogen and oxygen atoms in total. The zero-order chi connectivity index (χ0) is 13.6. The molecule has 0 radical (unpaired) electrons. The van der Waals surface area contributed by atoms with Gasteiger partial charge in [0.2, 0.25) is 0 Å². The zero-order valence-electron chi connectivity index (χ0n) is 11.4. The van der Waals surface area contributed by atoms with E-state index in [0.29, 0.717) is 6.42 Å². The summed E-state index contributed by atoms with van der Waals surface area (Å²) in [7, 11) is 0. The topological polar surface area (TPSA) is 70.6 Å². The molecule has 4 heteroatoms. The number of amidine groups is 1. The van der Waals surface area contributed by atoms with Crippen LogP contribution in [0.5, 0.6) is 0 Å². The Hall–Kier alpha value is -1.71. The van der Waals surface area contributed by atoms with Crippen LogP contribution >= 0.6 is 0 Å². The molecule has 0 atom stereocenters. The van der Waals surface area contributed by atoms with Gasteiger partial charge in [-0.1, -0.05) is 44.1 Å². The highest BCUT2D eigenvalue weighted by Gasteiger charge is 2.16. The minimum atomic E-state index is 0.120. The molecule has 0 aliphatic heterocycles. The van der Waals surface area contributed by atoms with E-state index in [1.54, 1.807) is 0 Å². The summed E-state index contributed by atoms with van der Waals surface area (Å²) < 4.78 is 0. The van der Waals surface area contributed by atoms with Crippen molar-refractivity contribution in [2.24, 2.45) is 10.9 Å². The molecule has 100 valence electrons. The monoisotopic (exact) mass is 249 g/mol. The first kappa shape index (κ1) is 14.4. The molecular formula is C14H23N3O. The van der Waals surface area contributed by atoms with Gasteiger partial charge in [0.25, 0.3) is 0 Å². The maximum Gasteiger partial charge on any atom is 0.139 e. The summed E-state index contributed by atoms with van der Waals surface area (Å²) in [6.45, 7) is 7.40. The SMILES string of the molecule is CC(C)(C)c1ccccc1NCCCC(N)=NO. The van der Waals surface area contributed by atoms with Crippen molar-refractivity contribution in [3.8, 4) is 0 Å². The van der Waals surface area contributed by atoms with E-state index in [4.69, 9.17) is 10.9 Å². The summed E-state index contributed by atoms with van der Waals surface area (Å²) in [4.78, 5) is 0. The van der Waals surface area contributed by atoms with E-state index in [1.165, 1.54) is 5.56 Å². The molecule has 0 spiro atoms. The quantitative estimate of drug-likeness (QED) is 0.247. The van der Waals surface area contributed by atoms with E-state index in [0.717, 1.165) is 18.7 Å². The third-order valence-electron chi connectivity index (χ3n) is 2.79. The third kappa shape index (κ3) is 4.28. The van der Waals surface area contributed by atoms with E-state index in [1.807, 2.05) is 6.07 Å². The molecular weight excluding hydrogens is 226 g/mol. The van der Waals surface area contributed by atoms with Crippen LogP contribution in [0.15, 0.2) is 29.4 Å². The number of nitrogens with two attached hydrogens (primary N) is 1. The second-order valence-corrected chi connectivity index (χ2v) is 5.42. The van der Waals surface area contributed by atoms with Crippen LogP contribution in [0.4, 0.5) is 5.69 Å². The fraction of sp³-hybridized carbons (Fsp3) is 0.500. The second kappa shape index (κ2) is 6.28. The van der Waals surface area contributed by atoms with E-state index in [2.05, 4.69) is 49.4 Å². The van der Waals surface area contributed by atoms with Gasteiger partial charge in [-0.15, -0.1) is 0 Å². The van der Waals surface area contributed by atoms with Gasteiger partial charge in [-0.25, -0.2) is 0 Å². The van der Waals surface area contributed by atoms with Gasteiger partial charge in [0.05, 0.1) is 0 Å². The predicted octanol–water partition coefficient (Wildman–Crippen LogP) is 2.92. The van der Waals surface area contributed by atoms with E-state index in [9.17, 15) is 0 Å². The maximum atomic E-state index is 8.44. The average Bonchev–Trinajstić information content (AvgIpc) is 2.33. The predicted molar refractivity (Wildman–Crippen MR) is 76.3 cm³/mol. The number of para-hydroxylation sites is 1. The first-order valence-corrected chi connectivity index (χ1v) is 6.25. The highest BCUT2D eigenvalue weighted by molar-refractivity contribution is 5.79. The van der Waals surface area contributed by atoms with Gasteiger partial charge in [0.15, 0.2) is 0 Å². The van der Waals surface area contributed by atoms with Crippen LogP contribution in [0.1, 0.15) is 39.2 Å². The Labute approximate surface area is 109 Å². The fourth-order valence-electron chi connectivity index (χ4n) is 1.83. The van der Waals surface area contributed by atoms with E-state index >= 15 is 0 Å². The average molecular weight is 249 g/mol. The Morgan fingerprint density at radius 3 is 2.61 bits per heavy atom. The van der Waals surface area contributed by atoms with Crippen molar-refractivity contribution in [1.82, 2.24) is 0 Å². The molecule has 0 bridgehead atoms. The Bertz CT molecular complexity index is 408. The molecule has 1 aromatic rings. The smallest absolute Gasteiger partial charge is 0.139 e. The molecule has 0 unspecified atom stereocenters. The van der Waals surface area contributed by atoms with E-state index < -0.39 is 0 Å². The Kier molecular flexibility index (Phi) is 5.01. The van der Waals surface area contributed by atoms with Crippen LogP contribution in [0.3, 0.4) is 0 Å². The van der Waals surface area contributed by atoms with Crippen molar-refractivity contribution in [3.63, 3.8) is 0 Å². The lowest BCUT2D eigenvalue weighted by Gasteiger charge is -2.23. The molecule has 1 rings (SSSR count). The lowest BCUT2D eigenvalue weighted by Crippen LogP contribution is -2.17. The van der Waals surface area contributed by atoms with Gasteiger partial charge >= 0.3 is 0 Å². The second-order valence-electron chi connectivity index (χ2n) is 5.42.